The summed E-state index contributed by atoms with van der Waals surface area (Å²) in [5.41, 5.74) is 2.57. The van der Waals surface area contributed by atoms with E-state index in [0.29, 0.717) is 41.9 Å². The molecule has 0 aliphatic heterocycles. The van der Waals surface area contributed by atoms with Crippen LogP contribution in [0.5, 0.6) is 0 Å². The molecule has 2 N–H and O–H groups in total. The van der Waals surface area contributed by atoms with Gasteiger partial charge in [0.2, 0.25) is 5.91 Å². The van der Waals surface area contributed by atoms with E-state index >= 15 is 0 Å². The molecule has 2 heterocycles. The number of amides is 1. The first kappa shape index (κ1) is 21.8. The molecule has 4 aromatic rings. The van der Waals surface area contributed by atoms with Crippen molar-refractivity contribution in [2.45, 2.75) is 25.5 Å². The molecule has 7 nitrogen and oxygen atoms in total. The number of H-pyrrole nitrogens is 1. The first-order valence-electron chi connectivity index (χ1n) is 10.3. The van der Waals surface area contributed by atoms with E-state index in [4.69, 9.17) is 16.3 Å². The maximum Gasteiger partial charge on any atom is 0.225 e. The number of carbonyl (C=O) groups excluding carboxylic acids is 1. The number of halogens is 1. The van der Waals surface area contributed by atoms with Gasteiger partial charge in [-0.2, -0.15) is 5.10 Å². The fourth-order valence-corrected chi connectivity index (χ4v) is 3.69. The van der Waals surface area contributed by atoms with Crippen LogP contribution < -0.4 is 5.32 Å². The lowest BCUT2D eigenvalue weighted by molar-refractivity contribution is -0.116. The fraction of sp³-hybridized carbons (Fsp3) is 0.208. The largest absolute Gasteiger partial charge is 0.377 e. The van der Waals surface area contributed by atoms with E-state index in [1.54, 1.807) is 7.11 Å². The number of hydrogen-bond acceptors (Lipinski definition) is 4. The third-order valence-corrected chi connectivity index (χ3v) is 5.34. The molecule has 8 heteroatoms. The number of nitrogens with one attached hydrogen (secondary N) is 2. The first-order chi connectivity index (χ1) is 15.6. The lowest BCUT2D eigenvalue weighted by atomic mass is 9.95. The van der Waals surface area contributed by atoms with Gasteiger partial charge in [-0.3, -0.25) is 9.89 Å². The van der Waals surface area contributed by atoms with E-state index in [1.165, 1.54) is 0 Å². The van der Waals surface area contributed by atoms with Crippen molar-refractivity contribution in [1.29, 1.82) is 0 Å². The number of benzene rings is 2. The first-order valence-corrected chi connectivity index (χ1v) is 10.7. The Morgan fingerprint density at radius 3 is 2.69 bits per heavy atom. The molecule has 0 aliphatic rings. The molecule has 0 unspecified atom stereocenters. The Morgan fingerprint density at radius 1 is 1.16 bits per heavy atom. The van der Waals surface area contributed by atoms with Crippen molar-refractivity contribution in [3.63, 3.8) is 0 Å². The van der Waals surface area contributed by atoms with Crippen molar-refractivity contribution in [3.05, 3.63) is 89.5 Å². The minimum atomic E-state index is -0.0654. The summed E-state index contributed by atoms with van der Waals surface area (Å²) in [6.45, 7) is 1.05. The molecule has 0 bridgehead atoms. The van der Waals surface area contributed by atoms with Crippen LogP contribution in [0.1, 0.15) is 23.7 Å². The van der Waals surface area contributed by atoms with E-state index in [9.17, 15) is 4.79 Å². The molecular formula is C24H24ClN5O2. The summed E-state index contributed by atoms with van der Waals surface area (Å²) in [4.78, 5) is 17.3. The Bertz CT molecular complexity index is 1160. The topological polar surface area (TPSA) is 84.8 Å². The number of nitrogens with zero attached hydrogens (tertiary/aromatic N) is 3. The highest BCUT2D eigenvalue weighted by molar-refractivity contribution is 6.30. The zero-order valence-corrected chi connectivity index (χ0v) is 18.4. The number of hydrogen-bond donors (Lipinski definition) is 2. The highest BCUT2D eigenvalue weighted by atomic mass is 35.5. The van der Waals surface area contributed by atoms with Crippen LogP contribution in [0.25, 0.3) is 11.4 Å². The van der Waals surface area contributed by atoms with Crippen LogP contribution in [0, 0.1) is 0 Å². The zero-order valence-electron chi connectivity index (χ0n) is 17.7. The molecule has 2 aromatic carbocycles. The standard InChI is InChI=1S/C24H24ClN5O2/c1-32-16-22-27-24(29-28-22)18-5-4-6-21(13-18)26-23(31)14-19(15-30-11-2-3-12-30)17-7-9-20(25)10-8-17/h2-13,19H,14-16H2,1H3,(H,26,31)(H,27,28,29)/t19-/m0/s1. The molecule has 4 rings (SSSR count). The lowest BCUT2D eigenvalue weighted by Crippen LogP contribution is -2.18. The molecule has 2 aromatic heterocycles. The average molecular weight is 450 g/mol. The molecule has 0 saturated heterocycles. The predicted molar refractivity (Wildman–Crippen MR) is 124 cm³/mol. The molecule has 1 atom stereocenters. The van der Waals surface area contributed by atoms with Crippen LogP contribution in [0.15, 0.2) is 73.1 Å². The normalized spacial score (nSPS) is 11.9. The van der Waals surface area contributed by atoms with Gasteiger partial charge in [0.25, 0.3) is 0 Å². The SMILES string of the molecule is COCc1nc(-c2cccc(NC(=O)C[C@@H](Cn3cccc3)c3ccc(Cl)cc3)c2)n[nH]1. The van der Waals surface area contributed by atoms with Gasteiger partial charge in [-0.15, -0.1) is 0 Å². The van der Waals surface area contributed by atoms with Gasteiger partial charge in [-0.05, 0) is 42.0 Å². The van der Waals surface area contributed by atoms with Crippen molar-refractivity contribution in [3.8, 4) is 11.4 Å². The van der Waals surface area contributed by atoms with Crippen LogP contribution in [0.4, 0.5) is 5.69 Å². The van der Waals surface area contributed by atoms with Crippen LogP contribution in [-0.4, -0.2) is 32.8 Å². The minimum Gasteiger partial charge on any atom is -0.377 e. The van der Waals surface area contributed by atoms with Crippen LogP contribution in [-0.2, 0) is 22.7 Å². The van der Waals surface area contributed by atoms with Gasteiger partial charge in [0, 0.05) is 54.7 Å². The van der Waals surface area contributed by atoms with Crippen LogP contribution in [0.3, 0.4) is 0 Å². The Hall–Kier alpha value is -3.42. The van der Waals surface area contributed by atoms with Crippen LogP contribution in [0.2, 0.25) is 5.02 Å². The molecule has 0 radical (unpaired) electrons. The third kappa shape index (κ3) is 5.63. The summed E-state index contributed by atoms with van der Waals surface area (Å²) in [5, 5.41) is 10.8. The van der Waals surface area contributed by atoms with Gasteiger partial charge < -0.3 is 14.6 Å². The van der Waals surface area contributed by atoms with E-state index in [-0.39, 0.29) is 11.8 Å². The van der Waals surface area contributed by atoms with Crippen molar-refractivity contribution in [2.24, 2.45) is 0 Å². The van der Waals surface area contributed by atoms with Crippen molar-refractivity contribution >= 4 is 23.2 Å². The van der Waals surface area contributed by atoms with E-state index < -0.39 is 0 Å². The number of anilines is 1. The highest BCUT2D eigenvalue weighted by Gasteiger charge is 2.17. The molecule has 0 fully saturated rings. The van der Waals surface area contributed by atoms with E-state index in [2.05, 4.69) is 25.1 Å². The second kappa shape index (κ2) is 10.3. The van der Waals surface area contributed by atoms with Gasteiger partial charge in [-0.25, -0.2) is 4.98 Å². The van der Waals surface area contributed by atoms with E-state index in [1.807, 2.05) is 73.1 Å². The summed E-state index contributed by atoms with van der Waals surface area (Å²) < 4.78 is 7.15. The molecule has 1 amide bonds. The Balaban J connectivity index is 1.47. The Labute approximate surface area is 191 Å². The van der Waals surface area contributed by atoms with Crippen molar-refractivity contribution < 1.29 is 9.53 Å². The van der Waals surface area contributed by atoms with Crippen LogP contribution >= 0.6 is 11.6 Å². The molecule has 32 heavy (non-hydrogen) atoms. The van der Waals surface area contributed by atoms with Gasteiger partial charge in [0.1, 0.15) is 6.61 Å². The summed E-state index contributed by atoms with van der Waals surface area (Å²) in [6.07, 6.45) is 4.33. The lowest BCUT2D eigenvalue weighted by Gasteiger charge is -2.18. The number of aromatic nitrogens is 4. The number of methoxy groups -OCH3 is 1. The minimum absolute atomic E-state index is 0.00691. The quantitative estimate of drug-likeness (QED) is 0.381. The number of aromatic amines is 1. The molecule has 0 aliphatic carbocycles. The smallest absolute Gasteiger partial charge is 0.225 e. The fourth-order valence-electron chi connectivity index (χ4n) is 3.57. The van der Waals surface area contributed by atoms with Gasteiger partial charge >= 0.3 is 0 Å². The zero-order chi connectivity index (χ0) is 22.3. The summed E-state index contributed by atoms with van der Waals surface area (Å²) in [6, 6.07) is 19.1. The maximum absolute atomic E-state index is 12.9. The summed E-state index contributed by atoms with van der Waals surface area (Å²) >= 11 is 6.05. The average Bonchev–Trinajstić information content (AvgIpc) is 3.47. The van der Waals surface area contributed by atoms with Crippen molar-refractivity contribution in [1.82, 2.24) is 19.7 Å². The molecule has 164 valence electrons. The predicted octanol–water partition coefficient (Wildman–Crippen LogP) is 4.89. The van der Waals surface area contributed by atoms with Crippen molar-refractivity contribution in [2.75, 3.05) is 12.4 Å². The third-order valence-electron chi connectivity index (χ3n) is 5.09. The number of ether oxygens (including phenoxy) is 1. The Morgan fingerprint density at radius 2 is 1.94 bits per heavy atom. The number of carbonyl (C=O) groups is 1. The summed E-state index contributed by atoms with van der Waals surface area (Å²) in [7, 11) is 1.60. The Kier molecular flexibility index (Phi) is 6.99. The molecular weight excluding hydrogens is 426 g/mol. The van der Waals surface area contributed by atoms with Gasteiger partial charge in [-0.1, -0.05) is 35.9 Å². The van der Waals surface area contributed by atoms with Gasteiger partial charge in [0.05, 0.1) is 0 Å². The highest BCUT2D eigenvalue weighted by Crippen LogP contribution is 2.25. The molecule has 0 spiro atoms. The van der Waals surface area contributed by atoms with E-state index in [0.717, 1.165) is 11.1 Å². The maximum atomic E-state index is 12.9. The van der Waals surface area contributed by atoms with Gasteiger partial charge in [0.15, 0.2) is 11.6 Å². The second-order valence-corrected chi connectivity index (χ2v) is 7.94. The second-order valence-electron chi connectivity index (χ2n) is 7.50. The monoisotopic (exact) mass is 449 g/mol. The number of rotatable bonds is 9. The molecule has 0 saturated carbocycles. The summed E-state index contributed by atoms with van der Waals surface area (Å²) in [5.74, 6) is 1.14.